The lowest BCUT2D eigenvalue weighted by atomic mass is 10.1. The van der Waals surface area contributed by atoms with Gasteiger partial charge in [0.2, 0.25) is 0 Å². The summed E-state index contributed by atoms with van der Waals surface area (Å²) in [6.45, 7) is 10.6. The zero-order chi connectivity index (χ0) is 23.8. The van der Waals surface area contributed by atoms with Gasteiger partial charge < -0.3 is 9.88 Å². The Morgan fingerprint density at radius 3 is 2.58 bits per heavy atom. The first-order chi connectivity index (χ1) is 15.9. The fourth-order valence-corrected chi connectivity index (χ4v) is 4.03. The van der Waals surface area contributed by atoms with Gasteiger partial charge in [-0.3, -0.25) is 4.79 Å². The van der Waals surface area contributed by atoms with E-state index < -0.39 is 5.25 Å². The second-order valence-corrected chi connectivity index (χ2v) is 9.68. The van der Waals surface area contributed by atoms with Crippen LogP contribution in [0.3, 0.4) is 0 Å². The number of benzene rings is 2. The number of halogens is 1. The molecule has 1 heterocycles. The molecule has 0 bridgehead atoms. The maximum Gasteiger partial charge on any atom is 0.253 e. The lowest BCUT2D eigenvalue weighted by Crippen LogP contribution is -2.28. The summed E-state index contributed by atoms with van der Waals surface area (Å²) in [6.07, 6.45) is 1.79. The van der Waals surface area contributed by atoms with Crippen molar-refractivity contribution in [2.45, 2.75) is 44.3 Å². The summed E-state index contributed by atoms with van der Waals surface area (Å²) < 4.78 is 2.95. The van der Waals surface area contributed by atoms with Gasteiger partial charge in [0, 0.05) is 16.7 Å². The van der Waals surface area contributed by atoms with E-state index in [-0.39, 0.29) is 5.91 Å². The number of thioether (sulfide) groups is 1. The number of aromatic nitrogens is 3. The number of nitrogens with zero attached hydrogens (tertiary/aromatic N) is 4. The third-order valence-electron chi connectivity index (χ3n) is 4.85. The third-order valence-corrected chi connectivity index (χ3v) is 6.46. The van der Waals surface area contributed by atoms with Crippen LogP contribution in [0.5, 0.6) is 0 Å². The minimum Gasteiger partial charge on any atom is -0.378 e. The first-order valence-corrected chi connectivity index (χ1v) is 12.1. The topological polar surface area (TPSA) is 84.2 Å². The first-order valence-electron chi connectivity index (χ1n) is 10.5. The third kappa shape index (κ3) is 7.03. The van der Waals surface area contributed by atoms with E-state index in [1.54, 1.807) is 6.08 Å². The van der Waals surface area contributed by atoms with Gasteiger partial charge in [-0.1, -0.05) is 63.6 Å². The Morgan fingerprint density at radius 1 is 1.21 bits per heavy atom. The van der Waals surface area contributed by atoms with E-state index >= 15 is 0 Å². The van der Waals surface area contributed by atoms with Crippen LogP contribution in [0.15, 0.2) is 75.9 Å². The fourth-order valence-electron chi connectivity index (χ4n) is 2.90. The molecule has 9 heteroatoms. The van der Waals surface area contributed by atoms with E-state index in [1.807, 2.05) is 54.8 Å². The van der Waals surface area contributed by atoms with Gasteiger partial charge in [0.15, 0.2) is 11.0 Å². The summed E-state index contributed by atoms with van der Waals surface area (Å²) in [5.41, 5.74) is 6.54. The molecule has 2 aromatic carbocycles. The number of hydrazone groups is 1. The standard InChI is InChI=1S/C24H27BrN6OS/c1-5-14-31-22(15-26-21-12-6-16(2)7-13-21)28-30-24(31)33-18(4)23(32)29-27-17(3)19-8-10-20(25)11-9-19/h5-13,18,26H,1,14-15H2,2-4H3,(H,29,32)/t18-/m0/s1. The number of nitrogens with one attached hydrogen (secondary N) is 2. The molecule has 0 spiro atoms. The molecule has 3 aromatic rings. The van der Waals surface area contributed by atoms with Gasteiger partial charge in [-0.15, -0.1) is 16.8 Å². The van der Waals surface area contributed by atoms with E-state index in [2.05, 4.69) is 67.6 Å². The minimum atomic E-state index is -0.405. The molecule has 0 fully saturated rings. The van der Waals surface area contributed by atoms with Crippen LogP contribution in [0, 0.1) is 6.92 Å². The van der Waals surface area contributed by atoms with Crippen molar-refractivity contribution in [2.75, 3.05) is 5.32 Å². The quantitative estimate of drug-likeness (QED) is 0.165. The second kappa shape index (κ2) is 11.8. The van der Waals surface area contributed by atoms with E-state index in [0.717, 1.165) is 27.3 Å². The smallest absolute Gasteiger partial charge is 0.253 e. The predicted molar refractivity (Wildman–Crippen MR) is 139 cm³/mol. The molecular formula is C24H27BrN6OS. The number of amides is 1. The van der Waals surface area contributed by atoms with Crippen molar-refractivity contribution in [3.63, 3.8) is 0 Å². The summed E-state index contributed by atoms with van der Waals surface area (Å²) >= 11 is 4.75. The van der Waals surface area contributed by atoms with Crippen LogP contribution in [0.1, 0.15) is 30.8 Å². The molecule has 1 aromatic heterocycles. The highest BCUT2D eigenvalue weighted by molar-refractivity contribution is 9.10. The summed E-state index contributed by atoms with van der Waals surface area (Å²) in [5, 5.41) is 16.5. The van der Waals surface area contributed by atoms with Crippen molar-refractivity contribution in [3.8, 4) is 0 Å². The molecule has 1 amide bonds. The molecule has 0 aliphatic carbocycles. The molecule has 1 atom stereocenters. The van der Waals surface area contributed by atoms with Gasteiger partial charge in [-0.25, -0.2) is 5.43 Å². The molecule has 7 nitrogen and oxygen atoms in total. The molecule has 0 aliphatic rings. The normalized spacial score (nSPS) is 12.3. The number of rotatable bonds is 10. The molecule has 0 aliphatic heterocycles. The molecule has 0 unspecified atom stereocenters. The Labute approximate surface area is 206 Å². The van der Waals surface area contributed by atoms with E-state index in [1.165, 1.54) is 17.3 Å². The van der Waals surface area contributed by atoms with Crippen LogP contribution >= 0.6 is 27.7 Å². The number of carbonyl (C=O) groups is 1. The molecule has 3 rings (SSSR count). The van der Waals surface area contributed by atoms with Crippen molar-refractivity contribution >= 4 is 45.0 Å². The van der Waals surface area contributed by atoms with Crippen molar-refractivity contribution in [1.82, 2.24) is 20.2 Å². The summed E-state index contributed by atoms with van der Waals surface area (Å²) in [6, 6.07) is 15.9. The van der Waals surface area contributed by atoms with Gasteiger partial charge >= 0.3 is 0 Å². The Morgan fingerprint density at radius 2 is 1.91 bits per heavy atom. The molecule has 172 valence electrons. The number of hydrogen-bond donors (Lipinski definition) is 2. The maximum absolute atomic E-state index is 12.6. The highest BCUT2D eigenvalue weighted by atomic mass is 79.9. The summed E-state index contributed by atoms with van der Waals surface area (Å²) in [7, 11) is 0. The molecule has 2 N–H and O–H groups in total. The molecule has 0 saturated carbocycles. The van der Waals surface area contributed by atoms with Gasteiger partial charge in [-0.05, 0) is 50.6 Å². The SMILES string of the molecule is C=CCn1c(CNc2ccc(C)cc2)nnc1S[C@@H](C)C(=O)NN=C(C)c1ccc(Br)cc1. The number of carbonyl (C=O) groups excluding carboxylic acids is 1. The van der Waals surface area contributed by atoms with Crippen LogP contribution < -0.4 is 10.7 Å². The highest BCUT2D eigenvalue weighted by Crippen LogP contribution is 2.23. The monoisotopic (exact) mass is 526 g/mol. The molecule has 0 saturated heterocycles. The summed E-state index contributed by atoms with van der Waals surface area (Å²) in [4.78, 5) is 12.6. The lowest BCUT2D eigenvalue weighted by Gasteiger charge is -2.12. The van der Waals surface area contributed by atoms with Gasteiger partial charge in [0.25, 0.3) is 5.91 Å². The average Bonchev–Trinajstić information content (AvgIpc) is 3.18. The van der Waals surface area contributed by atoms with Crippen LogP contribution in [-0.2, 0) is 17.9 Å². The zero-order valence-electron chi connectivity index (χ0n) is 18.9. The van der Waals surface area contributed by atoms with Crippen LogP contribution in [0.2, 0.25) is 0 Å². The predicted octanol–water partition coefficient (Wildman–Crippen LogP) is 5.17. The van der Waals surface area contributed by atoms with Crippen LogP contribution in [0.25, 0.3) is 0 Å². The van der Waals surface area contributed by atoms with E-state index in [9.17, 15) is 4.79 Å². The van der Waals surface area contributed by atoms with Crippen molar-refractivity contribution in [2.24, 2.45) is 5.10 Å². The maximum atomic E-state index is 12.6. The van der Waals surface area contributed by atoms with E-state index in [0.29, 0.717) is 18.2 Å². The Kier molecular flexibility index (Phi) is 8.85. The summed E-state index contributed by atoms with van der Waals surface area (Å²) in [5.74, 6) is 0.568. The minimum absolute atomic E-state index is 0.205. The van der Waals surface area contributed by atoms with Crippen LogP contribution in [-0.4, -0.2) is 31.6 Å². The Balaban J connectivity index is 1.63. The van der Waals surface area contributed by atoms with E-state index in [4.69, 9.17) is 0 Å². The molecular weight excluding hydrogens is 500 g/mol. The zero-order valence-corrected chi connectivity index (χ0v) is 21.3. The second-order valence-electron chi connectivity index (χ2n) is 7.46. The Hall–Kier alpha value is -2.91. The van der Waals surface area contributed by atoms with Crippen molar-refractivity contribution < 1.29 is 4.79 Å². The molecule has 33 heavy (non-hydrogen) atoms. The van der Waals surface area contributed by atoms with Crippen LogP contribution in [0.4, 0.5) is 5.69 Å². The van der Waals surface area contributed by atoms with Crippen molar-refractivity contribution in [1.29, 1.82) is 0 Å². The highest BCUT2D eigenvalue weighted by Gasteiger charge is 2.20. The average molecular weight is 527 g/mol. The number of hydrogen-bond acceptors (Lipinski definition) is 6. The number of anilines is 1. The Bertz CT molecular complexity index is 1120. The number of aryl methyl sites for hydroxylation is 1. The van der Waals surface area contributed by atoms with Gasteiger partial charge in [0.05, 0.1) is 17.5 Å². The van der Waals surface area contributed by atoms with Crippen molar-refractivity contribution in [3.05, 3.63) is 82.6 Å². The fraction of sp³-hybridized carbons (Fsp3) is 0.250. The van der Waals surface area contributed by atoms with Gasteiger partial charge in [-0.2, -0.15) is 5.10 Å². The first kappa shape index (κ1) is 24.7. The number of allylic oxidation sites excluding steroid dienone is 1. The lowest BCUT2D eigenvalue weighted by molar-refractivity contribution is -0.120. The largest absolute Gasteiger partial charge is 0.378 e. The molecule has 0 radical (unpaired) electrons. The van der Waals surface area contributed by atoms with Gasteiger partial charge in [0.1, 0.15) is 0 Å².